The van der Waals surface area contributed by atoms with Gasteiger partial charge in [-0.1, -0.05) is 23.8 Å². The van der Waals surface area contributed by atoms with Crippen molar-refractivity contribution < 1.29 is 23.2 Å². The summed E-state index contributed by atoms with van der Waals surface area (Å²) in [7, 11) is 0. The minimum Gasteiger partial charge on any atom is -0.351 e. The van der Waals surface area contributed by atoms with Gasteiger partial charge < -0.3 is 15.5 Å². The predicted octanol–water partition coefficient (Wildman–Crippen LogP) is 2.74. The molecule has 1 saturated heterocycles. The Kier molecular flexibility index (Phi) is 7.56. The molecular weight excluding hydrogens is 416 g/mol. The van der Waals surface area contributed by atoms with Gasteiger partial charge in [0.2, 0.25) is 11.8 Å². The highest BCUT2D eigenvalue weighted by Crippen LogP contribution is 2.16. The van der Waals surface area contributed by atoms with Gasteiger partial charge in [0.15, 0.2) is 11.6 Å². The van der Waals surface area contributed by atoms with Crippen LogP contribution in [0.4, 0.5) is 8.78 Å². The van der Waals surface area contributed by atoms with Gasteiger partial charge in [0.05, 0.1) is 0 Å². The van der Waals surface area contributed by atoms with E-state index in [0.717, 1.165) is 17.7 Å². The molecule has 1 fully saturated rings. The van der Waals surface area contributed by atoms with E-state index < -0.39 is 29.5 Å². The normalized spacial score (nSPS) is 15.2. The number of benzene rings is 2. The molecule has 2 N–H and O–H groups in total. The van der Waals surface area contributed by atoms with Crippen LogP contribution in [0.25, 0.3) is 0 Å². The summed E-state index contributed by atoms with van der Waals surface area (Å²) in [6.45, 7) is 4.27. The van der Waals surface area contributed by atoms with Crippen LogP contribution in [0.1, 0.15) is 41.3 Å². The second-order valence-electron chi connectivity index (χ2n) is 8.15. The number of halogens is 2. The van der Waals surface area contributed by atoms with E-state index in [9.17, 15) is 23.2 Å². The van der Waals surface area contributed by atoms with Crippen molar-refractivity contribution in [1.82, 2.24) is 15.5 Å². The monoisotopic (exact) mass is 443 g/mol. The molecule has 3 amide bonds. The molecular formula is C24H27F2N3O3. The molecule has 32 heavy (non-hydrogen) atoms. The van der Waals surface area contributed by atoms with Crippen molar-refractivity contribution in [2.24, 2.45) is 0 Å². The highest BCUT2D eigenvalue weighted by atomic mass is 19.2. The lowest BCUT2D eigenvalue weighted by atomic mass is 10.0. The molecule has 3 rings (SSSR count). The second-order valence-corrected chi connectivity index (χ2v) is 8.15. The number of rotatable bonds is 6. The molecule has 1 atom stereocenters. The molecule has 6 nitrogen and oxygen atoms in total. The van der Waals surface area contributed by atoms with Gasteiger partial charge in [0.25, 0.3) is 5.91 Å². The van der Waals surface area contributed by atoms with Crippen molar-refractivity contribution in [3.63, 3.8) is 0 Å². The molecule has 0 spiro atoms. The van der Waals surface area contributed by atoms with Crippen LogP contribution in [0.2, 0.25) is 0 Å². The van der Waals surface area contributed by atoms with Crippen molar-refractivity contribution in [2.45, 2.75) is 45.2 Å². The van der Waals surface area contributed by atoms with Crippen LogP contribution in [-0.2, 0) is 16.0 Å². The van der Waals surface area contributed by atoms with E-state index in [1.165, 1.54) is 13.0 Å². The Morgan fingerprint density at radius 1 is 1.03 bits per heavy atom. The Hall–Kier alpha value is -3.29. The van der Waals surface area contributed by atoms with Crippen molar-refractivity contribution in [2.75, 3.05) is 13.1 Å². The smallest absolute Gasteiger partial charge is 0.253 e. The zero-order valence-electron chi connectivity index (χ0n) is 18.2. The zero-order valence-corrected chi connectivity index (χ0v) is 18.2. The number of amides is 3. The lowest BCUT2D eigenvalue weighted by molar-refractivity contribution is -0.128. The summed E-state index contributed by atoms with van der Waals surface area (Å²) < 4.78 is 26.7. The van der Waals surface area contributed by atoms with Gasteiger partial charge in [-0.25, -0.2) is 8.78 Å². The van der Waals surface area contributed by atoms with Gasteiger partial charge in [-0.15, -0.1) is 0 Å². The van der Waals surface area contributed by atoms with Crippen LogP contribution in [-0.4, -0.2) is 47.8 Å². The molecule has 0 aromatic heterocycles. The molecule has 2 aromatic carbocycles. The van der Waals surface area contributed by atoms with Gasteiger partial charge in [0.1, 0.15) is 6.04 Å². The molecule has 2 aromatic rings. The van der Waals surface area contributed by atoms with E-state index in [2.05, 4.69) is 10.6 Å². The average molecular weight is 443 g/mol. The fourth-order valence-corrected chi connectivity index (χ4v) is 3.76. The number of hydrogen-bond acceptors (Lipinski definition) is 3. The fraction of sp³-hybridized carbons (Fsp3) is 0.375. The van der Waals surface area contributed by atoms with E-state index in [-0.39, 0.29) is 18.4 Å². The van der Waals surface area contributed by atoms with Crippen LogP contribution >= 0.6 is 0 Å². The van der Waals surface area contributed by atoms with Gasteiger partial charge in [-0.05, 0) is 49.6 Å². The van der Waals surface area contributed by atoms with Crippen molar-refractivity contribution in [1.29, 1.82) is 0 Å². The number of likely N-dealkylation sites (tertiary alicyclic amines) is 1. The van der Waals surface area contributed by atoms with Crippen LogP contribution in [0.3, 0.4) is 0 Å². The van der Waals surface area contributed by atoms with Crippen molar-refractivity contribution in [3.05, 3.63) is 70.8 Å². The van der Waals surface area contributed by atoms with E-state index >= 15 is 0 Å². The number of aryl methyl sites for hydroxylation is 1. The van der Waals surface area contributed by atoms with E-state index in [1.807, 2.05) is 31.2 Å². The van der Waals surface area contributed by atoms with E-state index in [1.54, 1.807) is 4.90 Å². The van der Waals surface area contributed by atoms with Gasteiger partial charge >= 0.3 is 0 Å². The number of nitrogens with one attached hydrogen (secondary N) is 2. The summed E-state index contributed by atoms with van der Waals surface area (Å²) in [5.74, 6) is -2.81. The minimum absolute atomic E-state index is 0.0351. The first-order valence-electron chi connectivity index (χ1n) is 10.6. The first-order chi connectivity index (χ1) is 15.2. The standard InChI is InChI=1S/C24H27F2N3O3/c1-15-3-6-18(7-4-15)24(32)29-11-9-19(10-12-29)28-23(31)22(27-16(2)30)14-17-5-8-20(25)21(26)13-17/h3-8,13,19,22H,9-12,14H2,1-2H3,(H,27,30)(H,28,31)/t22-/m0/s1. The van der Waals surface area contributed by atoms with Crippen LogP contribution in [0.5, 0.6) is 0 Å². The molecule has 1 aliphatic heterocycles. The van der Waals surface area contributed by atoms with Crippen molar-refractivity contribution >= 4 is 17.7 Å². The minimum atomic E-state index is -1.00. The molecule has 0 radical (unpaired) electrons. The Morgan fingerprint density at radius 3 is 2.28 bits per heavy atom. The molecule has 8 heteroatoms. The number of carbonyl (C=O) groups excluding carboxylic acids is 3. The molecule has 0 bridgehead atoms. The quantitative estimate of drug-likeness (QED) is 0.721. The summed E-state index contributed by atoms with van der Waals surface area (Å²) in [4.78, 5) is 38.8. The summed E-state index contributed by atoms with van der Waals surface area (Å²) in [6.07, 6.45) is 1.20. The van der Waals surface area contributed by atoms with Crippen LogP contribution in [0, 0.1) is 18.6 Å². The maximum absolute atomic E-state index is 13.5. The summed E-state index contributed by atoms with van der Waals surface area (Å²) in [5.41, 5.74) is 2.12. The van der Waals surface area contributed by atoms with Gasteiger partial charge in [-0.2, -0.15) is 0 Å². The Bertz CT molecular complexity index is 986. The Labute approximate surface area is 186 Å². The largest absolute Gasteiger partial charge is 0.351 e. The van der Waals surface area contributed by atoms with Crippen LogP contribution < -0.4 is 10.6 Å². The molecule has 0 aliphatic carbocycles. The number of piperidine rings is 1. The van der Waals surface area contributed by atoms with E-state index in [0.29, 0.717) is 37.1 Å². The maximum Gasteiger partial charge on any atom is 0.253 e. The number of hydrogen-bond donors (Lipinski definition) is 2. The first kappa shape index (κ1) is 23.4. The maximum atomic E-state index is 13.5. The third-order valence-electron chi connectivity index (χ3n) is 5.54. The number of carbonyl (C=O) groups is 3. The second kappa shape index (κ2) is 10.3. The molecule has 1 aliphatic rings. The highest BCUT2D eigenvalue weighted by Gasteiger charge is 2.27. The third-order valence-corrected chi connectivity index (χ3v) is 5.54. The van der Waals surface area contributed by atoms with Crippen LogP contribution in [0.15, 0.2) is 42.5 Å². The topological polar surface area (TPSA) is 78.5 Å². The van der Waals surface area contributed by atoms with Gasteiger partial charge in [-0.3, -0.25) is 14.4 Å². The zero-order chi connectivity index (χ0) is 23.3. The number of nitrogens with zero attached hydrogens (tertiary/aromatic N) is 1. The first-order valence-corrected chi connectivity index (χ1v) is 10.6. The Balaban J connectivity index is 1.57. The SMILES string of the molecule is CC(=O)N[C@@H](Cc1ccc(F)c(F)c1)C(=O)NC1CCN(C(=O)c2ccc(C)cc2)CC1. The van der Waals surface area contributed by atoms with Crippen molar-refractivity contribution in [3.8, 4) is 0 Å². The highest BCUT2D eigenvalue weighted by molar-refractivity contribution is 5.94. The molecule has 1 heterocycles. The molecule has 170 valence electrons. The summed E-state index contributed by atoms with van der Waals surface area (Å²) >= 11 is 0. The summed E-state index contributed by atoms with van der Waals surface area (Å²) in [5, 5.41) is 5.49. The predicted molar refractivity (Wildman–Crippen MR) is 116 cm³/mol. The lowest BCUT2D eigenvalue weighted by Gasteiger charge is -2.33. The molecule has 0 saturated carbocycles. The summed E-state index contributed by atoms with van der Waals surface area (Å²) in [6, 6.07) is 9.75. The average Bonchev–Trinajstić information content (AvgIpc) is 2.76. The fourth-order valence-electron chi connectivity index (χ4n) is 3.76. The van der Waals surface area contributed by atoms with Gasteiger partial charge in [0, 0.05) is 38.0 Å². The molecule has 0 unspecified atom stereocenters. The van der Waals surface area contributed by atoms with E-state index in [4.69, 9.17) is 0 Å². The third kappa shape index (κ3) is 6.12. The lowest BCUT2D eigenvalue weighted by Crippen LogP contribution is -2.53. The Morgan fingerprint density at radius 2 is 1.69 bits per heavy atom.